The van der Waals surface area contributed by atoms with Gasteiger partial charge >= 0.3 is 11.9 Å². The Hall–Kier alpha value is -1.32. The van der Waals surface area contributed by atoms with Crippen molar-refractivity contribution in [2.75, 3.05) is 6.61 Å². The predicted molar refractivity (Wildman–Crippen MR) is 74.6 cm³/mol. The Morgan fingerprint density at radius 3 is 2.21 bits per heavy atom. The highest BCUT2D eigenvalue weighted by atomic mass is 16.6. The quantitative estimate of drug-likeness (QED) is 0.549. The molecular formula is C15H26O4. The molecule has 0 spiro atoms. The summed E-state index contributed by atoms with van der Waals surface area (Å²) in [6.07, 6.45) is 3.28. The number of hydrogen-bond donors (Lipinski definition) is 0. The fourth-order valence-electron chi connectivity index (χ4n) is 1.17. The molecule has 0 bridgehead atoms. The lowest BCUT2D eigenvalue weighted by atomic mass is 9.97. The fourth-order valence-corrected chi connectivity index (χ4v) is 1.17. The molecule has 0 aliphatic heterocycles. The third-order valence-electron chi connectivity index (χ3n) is 2.26. The number of rotatable bonds is 6. The zero-order valence-electron chi connectivity index (χ0n) is 12.9. The molecule has 0 heterocycles. The van der Waals surface area contributed by atoms with Crippen LogP contribution in [0.2, 0.25) is 0 Å². The normalized spacial score (nSPS) is 12.5. The summed E-state index contributed by atoms with van der Waals surface area (Å²) in [5, 5.41) is 0. The standard InChI is InChI=1S/C15H26O4/c1-7-8-9-12(13(16)19-11(2)3)10-18-14(17)15(4,5)6/h9,11H,7-8,10H2,1-6H3. The van der Waals surface area contributed by atoms with Gasteiger partial charge in [-0.2, -0.15) is 0 Å². The fraction of sp³-hybridized carbons (Fsp3) is 0.733. The molecule has 4 heteroatoms. The van der Waals surface area contributed by atoms with Gasteiger partial charge in [-0.15, -0.1) is 0 Å². The largest absolute Gasteiger partial charge is 0.460 e. The van der Waals surface area contributed by atoms with Crippen molar-refractivity contribution in [2.45, 2.75) is 60.5 Å². The van der Waals surface area contributed by atoms with Crippen molar-refractivity contribution in [3.63, 3.8) is 0 Å². The first kappa shape index (κ1) is 17.7. The highest BCUT2D eigenvalue weighted by Gasteiger charge is 2.24. The van der Waals surface area contributed by atoms with Gasteiger partial charge < -0.3 is 9.47 Å². The third kappa shape index (κ3) is 7.65. The van der Waals surface area contributed by atoms with Crippen LogP contribution in [-0.2, 0) is 19.1 Å². The lowest BCUT2D eigenvalue weighted by molar-refractivity contribution is -0.153. The van der Waals surface area contributed by atoms with E-state index in [1.54, 1.807) is 40.7 Å². The molecule has 110 valence electrons. The van der Waals surface area contributed by atoms with Gasteiger partial charge in [0.2, 0.25) is 0 Å². The summed E-state index contributed by atoms with van der Waals surface area (Å²) in [5.74, 6) is -0.739. The highest BCUT2D eigenvalue weighted by molar-refractivity contribution is 5.89. The van der Waals surface area contributed by atoms with Crippen LogP contribution in [0.15, 0.2) is 11.6 Å². The molecule has 0 unspecified atom stereocenters. The van der Waals surface area contributed by atoms with Crippen LogP contribution in [0.3, 0.4) is 0 Å². The lowest BCUT2D eigenvalue weighted by Crippen LogP contribution is -2.25. The molecule has 0 aliphatic carbocycles. The number of carbonyl (C=O) groups excluding carboxylic acids is 2. The minimum Gasteiger partial charge on any atom is -0.460 e. The van der Waals surface area contributed by atoms with Gasteiger partial charge in [-0.05, 0) is 41.0 Å². The molecule has 0 radical (unpaired) electrons. The molecule has 0 N–H and O–H groups in total. The zero-order valence-corrected chi connectivity index (χ0v) is 12.9. The molecule has 0 aromatic carbocycles. The summed E-state index contributed by atoms with van der Waals surface area (Å²) in [6.45, 7) is 10.9. The van der Waals surface area contributed by atoms with E-state index in [1.165, 1.54) is 0 Å². The van der Waals surface area contributed by atoms with Crippen LogP contribution >= 0.6 is 0 Å². The Bertz CT molecular complexity index is 335. The van der Waals surface area contributed by atoms with Gasteiger partial charge in [0.1, 0.15) is 6.61 Å². The second-order valence-electron chi connectivity index (χ2n) is 5.80. The monoisotopic (exact) mass is 270 g/mol. The van der Waals surface area contributed by atoms with Gasteiger partial charge in [0.05, 0.1) is 17.1 Å². The van der Waals surface area contributed by atoms with E-state index in [2.05, 4.69) is 0 Å². The number of hydrogen-bond acceptors (Lipinski definition) is 4. The van der Waals surface area contributed by atoms with Crippen molar-refractivity contribution < 1.29 is 19.1 Å². The molecule has 0 rings (SSSR count). The molecule has 0 aromatic rings. The van der Waals surface area contributed by atoms with E-state index in [4.69, 9.17) is 9.47 Å². The second-order valence-corrected chi connectivity index (χ2v) is 5.80. The van der Waals surface area contributed by atoms with Crippen LogP contribution in [0.25, 0.3) is 0 Å². The van der Waals surface area contributed by atoms with Crippen molar-refractivity contribution in [3.05, 3.63) is 11.6 Å². The van der Waals surface area contributed by atoms with E-state index in [0.29, 0.717) is 5.57 Å². The molecule has 0 saturated heterocycles. The number of unbranched alkanes of at least 4 members (excludes halogenated alkanes) is 1. The average Bonchev–Trinajstić information content (AvgIpc) is 2.26. The highest BCUT2D eigenvalue weighted by Crippen LogP contribution is 2.16. The summed E-state index contributed by atoms with van der Waals surface area (Å²) >= 11 is 0. The molecular weight excluding hydrogens is 244 g/mol. The van der Waals surface area contributed by atoms with Crippen molar-refractivity contribution in [3.8, 4) is 0 Å². The number of ether oxygens (including phenoxy) is 2. The first-order valence-electron chi connectivity index (χ1n) is 6.75. The van der Waals surface area contributed by atoms with Crippen LogP contribution in [0.4, 0.5) is 0 Å². The number of carbonyl (C=O) groups is 2. The third-order valence-corrected chi connectivity index (χ3v) is 2.26. The number of esters is 2. The van der Waals surface area contributed by atoms with Crippen LogP contribution in [-0.4, -0.2) is 24.6 Å². The van der Waals surface area contributed by atoms with Crippen LogP contribution < -0.4 is 0 Å². The van der Waals surface area contributed by atoms with Gasteiger partial charge in [-0.25, -0.2) is 4.79 Å². The van der Waals surface area contributed by atoms with E-state index >= 15 is 0 Å². The summed E-state index contributed by atoms with van der Waals surface area (Å²) in [4.78, 5) is 23.5. The maximum Gasteiger partial charge on any atom is 0.337 e. The molecule has 4 nitrogen and oxygen atoms in total. The molecule has 0 saturated carbocycles. The van der Waals surface area contributed by atoms with Crippen LogP contribution in [0.1, 0.15) is 54.4 Å². The van der Waals surface area contributed by atoms with E-state index in [9.17, 15) is 9.59 Å². The van der Waals surface area contributed by atoms with Gasteiger partial charge in [0.15, 0.2) is 0 Å². The minimum absolute atomic E-state index is 0.0261. The van der Waals surface area contributed by atoms with Gasteiger partial charge in [0, 0.05) is 0 Å². The second kappa shape index (κ2) is 7.97. The summed E-state index contributed by atoms with van der Waals surface area (Å²) < 4.78 is 10.3. The van der Waals surface area contributed by atoms with Crippen LogP contribution in [0, 0.1) is 5.41 Å². The molecule has 0 atom stereocenters. The Morgan fingerprint density at radius 1 is 1.21 bits per heavy atom. The molecule has 0 fully saturated rings. The minimum atomic E-state index is -0.572. The number of allylic oxidation sites excluding steroid dienone is 1. The van der Waals surface area contributed by atoms with E-state index in [1.807, 2.05) is 6.92 Å². The lowest BCUT2D eigenvalue weighted by Gasteiger charge is -2.17. The molecule has 0 amide bonds. The van der Waals surface area contributed by atoms with E-state index in [0.717, 1.165) is 12.8 Å². The van der Waals surface area contributed by atoms with Crippen molar-refractivity contribution in [1.82, 2.24) is 0 Å². The van der Waals surface area contributed by atoms with E-state index in [-0.39, 0.29) is 18.7 Å². The van der Waals surface area contributed by atoms with Crippen molar-refractivity contribution in [2.24, 2.45) is 5.41 Å². The van der Waals surface area contributed by atoms with Crippen molar-refractivity contribution in [1.29, 1.82) is 0 Å². The Labute approximate surface area is 116 Å². The summed E-state index contributed by atoms with van der Waals surface area (Å²) in [5.41, 5.74) is -0.161. The predicted octanol–water partition coefficient (Wildman–Crippen LogP) is 3.25. The average molecular weight is 270 g/mol. The van der Waals surface area contributed by atoms with Gasteiger partial charge in [-0.3, -0.25) is 4.79 Å². The van der Waals surface area contributed by atoms with Crippen molar-refractivity contribution >= 4 is 11.9 Å². The Kier molecular flexibility index (Phi) is 7.42. The van der Waals surface area contributed by atoms with Gasteiger partial charge in [0.25, 0.3) is 0 Å². The smallest absolute Gasteiger partial charge is 0.337 e. The first-order chi connectivity index (χ1) is 8.68. The maximum atomic E-state index is 11.8. The first-order valence-corrected chi connectivity index (χ1v) is 6.75. The summed E-state index contributed by atoms with van der Waals surface area (Å²) in [6, 6.07) is 0. The maximum absolute atomic E-state index is 11.8. The summed E-state index contributed by atoms with van der Waals surface area (Å²) in [7, 11) is 0. The molecule has 0 aliphatic rings. The van der Waals surface area contributed by atoms with Gasteiger partial charge in [-0.1, -0.05) is 19.4 Å². The van der Waals surface area contributed by atoms with E-state index < -0.39 is 11.4 Å². The van der Waals surface area contributed by atoms with Crippen LogP contribution in [0.5, 0.6) is 0 Å². The Morgan fingerprint density at radius 2 is 1.79 bits per heavy atom. The molecule has 0 aromatic heterocycles. The molecule has 19 heavy (non-hydrogen) atoms. The topological polar surface area (TPSA) is 52.6 Å². The Balaban J connectivity index is 4.62. The zero-order chi connectivity index (χ0) is 15.1. The SMILES string of the molecule is CCCC=C(COC(=O)C(C)(C)C)C(=O)OC(C)C.